The molecule has 0 aliphatic carbocycles. The predicted octanol–water partition coefficient (Wildman–Crippen LogP) is 1.13. The normalized spacial score (nSPS) is 29.0. The first-order chi connectivity index (χ1) is 9.89. The van der Waals surface area contributed by atoms with Crippen molar-refractivity contribution < 1.29 is 19.4 Å². The summed E-state index contributed by atoms with van der Waals surface area (Å²) in [4.78, 5) is 11.3. The maximum absolute atomic E-state index is 11.3. The van der Waals surface area contributed by atoms with Crippen LogP contribution in [0.1, 0.15) is 49.0 Å². The molecule has 6 heteroatoms. The second kappa shape index (κ2) is 6.17. The summed E-state index contributed by atoms with van der Waals surface area (Å²) < 4.78 is 13.1. The number of primary amides is 1. The fraction of sp³-hybridized carbons (Fsp3) is 0.667. The molecule has 1 aliphatic heterocycles. The molecule has 1 aromatic heterocycles. The number of ether oxygens (including phenoxy) is 2. The van der Waals surface area contributed by atoms with E-state index < -0.39 is 17.6 Å². The van der Waals surface area contributed by atoms with Crippen LogP contribution in [0, 0.1) is 0 Å². The number of nitrogens with two attached hydrogens (primary N) is 1. The number of unbranched alkanes of at least 4 members (excludes halogenated alkanes) is 1. The third-order valence-electron chi connectivity index (χ3n) is 4.10. The van der Waals surface area contributed by atoms with E-state index in [0.29, 0.717) is 18.9 Å². The summed E-state index contributed by atoms with van der Waals surface area (Å²) in [5.41, 5.74) is 5.28. The van der Waals surface area contributed by atoms with Gasteiger partial charge in [0.2, 0.25) is 0 Å². The van der Waals surface area contributed by atoms with Gasteiger partial charge in [0.05, 0.1) is 12.3 Å². The van der Waals surface area contributed by atoms with Crippen LogP contribution in [0.2, 0.25) is 0 Å². The van der Waals surface area contributed by atoms with Crippen LogP contribution in [0.5, 0.6) is 0 Å². The second-order valence-corrected chi connectivity index (χ2v) is 5.72. The second-order valence-electron chi connectivity index (χ2n) is 5.72. The van der Waals surface area contributed by atoms with Crippen LogP contribution in [0.15, 0.2) is 12.1 Å². The maximum atomic E-state index is 11.3. The van der Waals surface area contributed by atoms with E-state index in [1.807, 2.05) is 0 Å². The van der Waals surface area contributed by atoms with Crippen molar-refractivity contribution in [2.24, 2.45) is 12.8 Å². The summed E-state index contributed by atoms with van der Waals surface area (Å²) in [5, 5.41) is 10.8. The third-order valence-corrected chi connectivity index (χ3v) is 4.10. The molecule has 1 aromatic rings. The summed E-state index contributed by atoms with van der Waals surface area (Å²) in [6.45, 7) is 4.73. The first-order valence-corrected chi connectivity index (χ1v) is 7.30. The van der Waals surface area contributed by atoms with Gasteiger partial charge in [0.1, 0.15) is 23.5 Å². The Bertz CT molecular complexity index is 510. The van der Waals surface area contributed by atoms with Crippen molar-refractivity contribution in [2.45, 2.75) is 44.5 Å². The Hall–Kier alpha value is -1.37. The van der Waals surface area contributed by atoms with Crippen molar-refractivity contribution in [1.29, 1.82) is 0 Å². The van der Waals surface area contributed by atoms with E-state index in [2.05, 4.69) is 6.92 Å². The average molecular weight is 296 g/mol. The van der Waals surface area contributed by atoms with Gasteiger partial charge >= 0.3 is 0 Å². The van der Waals surface area contributed by atoms with Crippen molar-refractivity contribution in [1.82, 2.24) is 4.57 Å². The monoisotopic (exact) mass is 296 g/mol. The summed E-state index contributed by atoms with van der Waals surface area (Å²) >= 11 is 0. The molecule has 1 fully saturated rings. The van der Waals surface area contributed by atoms with Gasteiger partial charge in [0.25, 0.3) is 5.91 Å². The quantitative estimate of drug-likeness (QED) is 0.770. The highest BCUT2D eigenvalue weighted by atomic mass is 16.6. The van der Waals surface area contributed by atoms with Crippen molar-refractivity contribution in [3.05, 3.63) is 23.5 Å². The van der Waals surface area contributed by atoms with Crippen LogP contribution >= 0.6 is 0 Å². The highest BCUT2D eigenvalue weighted by molar-refractivity contribution is 5.91. The molecule has 3 N–H and O–H groups in total. The molecular weight excluding hydrogens is 272 g/mol. The molecule has 2 rings (SSSR count). The molecule has 2 heterocycles. The molecule has 6 nitrogen and oxygen atoms in total. The van der Waals surface area contributed by atoms with Gasteiger partial charge in [-0.1, -0.05) is 13.3 Å². The van der Waals surface area contributed by atoms with Gasteiger partial charge in [0.15, 0.2) is 0 Å². The number of carbonyl (C=O) groups excluding carboxylic acids is 1. The number of nitrogens with zero attached hydrogens (tertiary/aromatic N) is 1. The van der Waals surface area contributed by atoms with E-state index in [9.17, 15) is 9.90 Å². The Morgan fingerprint density at radius 2 is 2.33 bits per heavy atom. The van der Waals surface area contributed by atoms with Gasteiger partial charge in [-0.25, -0.2) is 0 Å². The van der Waals surface area contributed by atoms with E-state index in [1.54, 1.807) is 30.7 Å². The van der Waals surface area contributed by atoms with Crippen LogP contribution in [0.25, 0.3) is 0 Å². The van der Waals surface area contributed by atoms with Crippen LogP contribution in [-0.2, 0) is 16.5 Å². The smallest absolute Gasteiger partial charge is 0.265 e. The van der Waals surface area contributed by atoms with Gasteiger partial charge in [-0.3, -0.25) is 4.79 Å². The van der Waals surface area contributed by atoms with E-state index in [-0.39, 0.29) is 6.10 Å². The Balaban J connectivity index is 2.16. The van der Waals surface area contributed by atoms with Crippen molar-refractivity contribution in [2.75, 3.05) is 13.2 Å². The Kier molecular flexibility index (Phi) is 4.70. The molecule has 1 amide bonds. The predicted molar refractivity (Wildman–Crippen MR) is 77.9 cm³/mol. The molecule has 1 aliphatic rings. The minimum Gasteiger partial charge on any atom is -0.384 e. The first kappa shape index (κ1) is 16.0. The summed E-state index contributed by atoms with van der Waals surface area (Å²) in [7, 11) is 1.74. The van der Waals surface area contributed by atoms with Gasteiger partial charge in [-0.05, 0) is 25.5 Å². The number of carbonyl (C=O) groups is 1. The average Bonchev–Trinajstić information content (AvgIpc) is 2.91. The molecule has 0 aromatic carbocycles. The number of rotatable bonds is 6. The van der Waals surface area contributed by atoms with Gasteiger partial charge < -0.3 is 24.9 Å². The molecule has 0 radical (unpaired) electrons. The highest BCUT2D eigenvalue weighted by Crippen LogP contribution is 2.39. The molecule has 118 valence electrons. The zero-order chi connectivity index (χ0) is 15.6. The number of amides is 1. The summed E-state index contributed by atoms with van der Waals surface area (Å²) in [6.07, 6.45) is 1.08. The minimum atomic E-state index is -1.14. The molecule has 0 unspecified atom stereocenters. The summed E-state index contributed by atoms with van der Waals surface area (Å²) in [6, 6.07) is 3.40. The lowest BCUT2D eigenvalue weighted by atomic mass is 9.93. The van der Waals surface area contributed by atoms with E-state index in [4.69, 9.17) is 15.2 Å². The fourth-order valence-electron chi connectivity index (χ4n) is 2.70. The van der Waals surface area contributed by atoms with E-state index in [0.717, 1.165) is 18.5 Å². The molecule has 0 saturated carbocycles. The molecule has 1 saturated heterocycles. The van der Waals surface area contributed by atoms with Crippen molar-refractivity contribution >= 4 is 5.91 Å². The molecule has 0 bridgehead atoms. The van der Waals surface area contributed by atoms with Crippen molar-refractivity contribution in [3.63, 3.8) is 0 Å². The Labute approximate surface area is 124 Å². The first-order valence-electron chi connectivity index (χ1n) is 7.30. The Morgan fingerprint density at radius 3 is 2.90 bits per heavy atom. The van der Waals surface area contributed by atoms with Crippen molar-refractivity contribution in [3.8, 4) is 0 Å². The molecule has 0 spiro atoms. The van der Waals surface area contributed by atoms with Gasteiger partial charge in [-0.15, -0.1) is 0 Å². The lowest BCUT2D eigenvalue weighted by molar-refractivity contribution is -0.0914. The highest BCUT2D eigenvalue weighted by Gasteiger charge is 2.49. The van der Waals surface area contributed by atoms with Gasteiger partial charge in [-0.2, -0.15) is 0 Å². The Morgan fingerprint density at radius 1 is 1.62 bits per heavy atom. The van der Waals surface area contributed by atoms with E-state index in [1.165, 1.54) is 0 Å². The summed E-state index contributed by atoms with van der Waals surface area (Å²) in [5.74, 6) is -0.503. The third kappa shape index (κ3) is 2.97. The lowest BCUT2D eigenvalue weighted by Crippen LogP contribution is -2.42. The largest absolute Gasteiger partial charge is 0.384 e. The topological polar surface area (TPSA) is 86.7 Å². The zero-order valence-electron chi connectivity index (χ0n) is 12.8. The number of hydrogen-bond acceptors (Lipinski definition) is 4. The fourth-order valence-corrected chi connectivity index (χ4v) is 2.70. The molecule has 21 heavy (non-hydrogen) atoms. The zero-order valence-corrected chi connectivity index (χ0v) is 12.8. The maximum Gasteiger partial charge on any atom is 0.265 e. The number of hydrogen-bond donors (Lipinski definition) is 2. The van der Waals surface area contributed by atoms with Crippen LogP contribution in [0.4, 0.5) is 0 Å². The molecular formula is C15H24N2O4. The van der Waals surface area contributed by atoms with Crippen LogP contribution in [0.3, 0.4) is 0 Å². The minimum absolute atomic E-state index is 0.332. The lowest BCUT2D eigenvalue weighted by Gasteiger charge is -2.29. The van der Waals surface area contributed by atoms with Crippen LogP contribution in [-0.4, -0.2) is 40.5 Å². The SMILES string of the molecule is CCCCO[C@@H]1CO[C@@H](c2ccc(C(N)=O)n2C)[C@]1(C)O. The van der Waals surface area contributed by atoms with Gasteiger partial charge in [0, 0.05) is 13.7 Å². The molecule has 3 atom stereocenters. The van der Waals surface area contributed by atoms with E-state index >= 15 is 0 Å². The number of aliphatic hydroxyl groups is 1. The number of aromatic nitrogens is 1. The van der Waals surface area contributed by atoms with Crippen LogP contribution < -0.4 is 5.73 Å². The standard InChI is InChI=1S/C15H24N2O4/c1-4-5-8-20-12-9-21-13(15(12,2)19)10-6-7-11(14(16)18)17(10)3/h6-7,12-13,19H,4-5,8-9H2,1-3H3,(H2,16,18)/t12-,13+,15-/m1/s1.